The fourth-order valence-electron chi connectivity index (χ4n) is 0.944. The Labute approximate surface area is 96.0 Å². The lowest BCUT2D eigenvalue weighted by Gasteiger charge is -2.23. The van der Waals surface area contributed by atoms with Gasteiger partial charge in [0.05, 0.1) is 13.2 Å². The van der Waals surface area contributed by atoms with E-state index in [1.807, 2.05) is 27.7 Å². The van der Waals surface area contributed by atoms with Crippen LogP contribution in [-0.4, -0.2) is 33.3 Å². The number of rotatable bonds is 1. The first-order valence-electron chi connectivity index (χ1n) is 4.90. The Hall–Kier alpha value is -1.11. The average Bonchev–Trinajstić information content (AvgIpc) is 2.39. The van der Waals surface area contributed by atoms with Crippen molar-refractivity contribution in [2.75, 3.05) is 7.11 Å². The van der Waals surface area contributed by atoms with Gasteiger partial charge in [-0.2, -0.15) is 8.42 Å². The highest BCUT2D eigenvalue weighted by atomic mass is 32.2. The minimum absolute atomic E-state index is 0.0103. The standard InChI is InChI=1S/C9H17N3O3S/c1-6(9(2,3)4)10-7-8(15-5)12-16(13,14)11-7/h6H,1-5H3,(H,10,11)/t6-/m0/s1. The predicted octanol–water partition coefficient (Wildman–Crippen LogP) is 0.712. The van der Waals surface area contributed by atoms with E-state index in [1.165, 1.54) is 7.11 Å². The quantitative estimate of drug-likeness (QED) is 0.741. The van der Waals surface area contributed by atoms with Crippen molar-refractivity contribution in [1.29, 1.82) is 0 Å². The third kappa shape index (κ3) is 2.94. The van der Waals surface area contributed by atoms with Gasteiger partial charge in [0.2, 0.25) is 5.84 Å². The molecule has 0 aromatic carbocycles. The molecule has 0 saturated heterocycles. The molecular weight excluding hydrogens is 230 g/mol. The molecule has 0 aromatic rings. The van der Waals surface area contributed by atoms with Crippen LogP contribution in [0.3, 0.4) is 0 Å². The zero-order valence-corrected chi connectivity index (χ0v) is 10.9. The van der Waals surface area contributed by atoms with Crippen LogP contribution >= 0.6 is 0 Å². The molecule has 0 spiro atoms. The molecule has 92 valence electrons. The molecule has 1 aliphatic rings. The van der Waals surface area contributed by atoms with E-state index < -0.39 is 10.2 Å². The number of hydrogen-bond donors (Lipinski definition) is 1. The van der Waals surface area contributed by atoms with Gasteiger partial charge in [-0.15, -0.1) is 4.40 Å². The summed E-state index contributed by atoms with van der Waals surface area (Å²) in [5.74, 6) is 0.182. The third-order valence-corrected chi connectivity index (χ3v) is 3.26. The van der Waals surface area contributed by atoms with Crippen LogP contribution in [0.4, 0.5) is 0 Å². The van der Waals surface area contributed by atoms with Crippen LogP contribution in [0, 0.1) is 5.41 Å². The number of methoxy groups -OCH3 is 1. The first-order valence-corrected chi connectivity index (χ1v) is 6.34. The molecule has 0 bridgehead atoms. The minimum Gasteiger partial charge on any atom is -0.478 e. The molecule has 0 amide bonds. The molecule has 1 heterocycles. The van der Waals surface area contributed by atoms with Gasteiger partial charge in [-0.3, -0.25) is 4.99 Å². The van der Waals surface area contributed by atoms with Gasteiger partial charge in [-0.05, 0) is 12.3 Å². The summed E-state index contributed by atoms with van der Waals surface area (Å²) in [6.07, 6.45) is 0. The first-order chi connectivity index (χ1) is 7.15. The van der Waals surface area contributed by atoms with E-state index in [2.05, 4.69) is 14.1 Å². The highest BCUT2D eigenvalue weighted by Crippen LogP contribution is 2.22. The van der Waals surface area contributed by atoms with Gasteiger partial charge in [0.25, 0.3) is 5.90 Å². The van der Waals surface area contributed by atoms with Crippen molar-refractivity contribution < 1.29 is 13.2 Å². The highest BCUT2D eigenvalue weighted by Gasteiger charge is 2.29. The summed E-state index contributed by atoms with van der Waals surface area (Å²) in [5, 5.41) is 0. The van der Waals surface area contributed by atoms with Crippen LogP contribution in [0.1, 0.15) is 27.7 Å². The van der Waals surface area contributed by atoms with E-state index in [0.717, 1.165) is 0 Å². The maximum absolute atomic E-state index is 11.2. The fraction of sp³-hybridized carbons (Fsp3) is 0.778. The molecule has 1 atom stereocenters. The van der Waals surface area contributed by atoms with Gasteiger partial charge in [0.1, 0.15) is 0 Å². The minimum atomic E-state index is -3.67. The van der Waals surface area contributed by atoms with Crippen LogP contribution in [0.5, 0.6) is 0 Å². The molecule has 0 radical (unpaired) electrons. The molecule has 0 saturated carbocycles. The SMILES string of the molecule is COC1=NS(=O)(=O)NC1=N[C@@H](C)C(C)(C)C. The van der Waals surface area contributed by atoms with Crippen LogP contribution in [0.15, 0.2) is 9.39 Å². The molecule has 0 aliphatic carbocycles. The zero-order valence-electron chi connectivity index (χ0n) is 10.1. The zero-order chi connectivity index (χ0) is 12.6. The highest BCUT2D eigenvalue weighted by molar-refractivity contribution is 7.89. The maximum Gasteiger partial charge on any atom is 0.347 e. The normalized spacial score (nSPS) is 23.8. The lowest BCUT2D eigenvalue weighted by molar-refractivity contribution is 0.341. The fourth-order valence-corrected chi connectivity index (χ4v) is 1.75. The Kier molecular flexibility index (Phi) is 3.27. The number of nitrogens with zero attached hydrogens (tertiary/aromatic N) is 2. The summed E-state index contributed by atoms with van der Waals surface area (Å²) < 4.78 is 32.8. The molecule has 0 unspecified atom stereocenters. The number of amidine groups is 1. The van der Waals surface area contributed by atoms with Gasteiger partial charge in [0.15, 0.2) is 0 Å². The van der Waals surface area contributed by atoms with E-state index in [9.17, 15) is 8.42 Å². The summed E-state index contributed by atoms with van der Waals surface area (Å²) in [6, 6.07) is -0.0522. The Bertz CT molecular complexity index is 431. The van der Waals surface area contributed by atoms with Gasteiger partial charge in [-0.25, -0.2) is 4.72 Å². The second-order valence-corrected chi connectivity index (χ2v) is 6.03. The smallest absolute Gasteiger partial charge is 0.347 e. The average molecular weight is 247 g/mol. The summed E-state index contributed by atoms with van der Waals surface area (Å²) >= 11 is 0. The van der Waals surface area contributed by atoms with E-state index in [0.29, 0.717) is 0 Å². The van der Waals surface area contributed by atoms with Crippen LogP contribution in [0.25, 0.3) is 0 Å². The Morgan fingerprint density at radius 3 is 2.44 bits per heavy atom. The van der Waals surface area contributed by atoms with Gasteiger partial charge < -0.3 is 4.74 Å². The largest absolute Gasteiger partial charge is 0.478 e. The molecule has 0 fully saturated rings. The maximum atomic E-state index is 11.2. The Balaban J connectivity index is 3.00. The predicted molar refractivity (Wildman–Crippen MR) is 62.9 cm³/mol. The molecular formula is C9H17N3O3S. The number of nitrogens with one attached hydrogen (secondary N) is 1. The van der Waals surface area contributed by atoms with Crippen molar-refractivity contribution >= 4 is 21.9 Å². The van der Waals surface area contributed by atoms with Crippen molar-refractivity contribution in [3.8, 4) is 0 Å². The molecule has 16 heavy (non-hydrogen) atoms. The lowest BCUT2D eigenvalue weighted by Crippen LogP contribution is -2.31. The van der Waals surface area contributed by atoms with Crippen LogP contribution in [0.2, 0.25) is 0 Å². The van der Waals surface area contributed by atoms with Crippen LogP contribution in [-0.2, 0) is 14.9 Å². The monoisotopic (exact) mass is 247 g/mol. The topological polar surface area (TPSA) is 80.1 Å². The molecule has 6 nitrogen and oxygen atoms in total. The molecule has 7 heteroatoms. The molecule has 1 aliphatic heterocycles. The number of hydrogen-bond acceptors (Lipinski definition) is 4. The van der Waals surface area contributed by atoms with Crippen LogP contribution < -0.4 is 4.72 Å². The summed E-state index contributed by atoms with van der Waals surface area (Å²) in [4.78, 5) is 4.27. The second-order valence-electron chi connectivity index (χ2n) is 4.70. The van der Waals surface area contributed by atoms with Gasteiger partial charge >= 0.3 is 10.2 Å². The number of aliphatic imine (C=N–C) groups is 1. The van der Waals surface area contributed by atoms with Crippen molar-refractivity contribution in [1.82, 2.24) is 4.72 Å². The van der Waals surface area contributed by atoms with E-state index in [-0.39, 0.29) is 23.2 Å². The summed E-state index contributed by atoms with van der Waals surface area (Å²) in [6.45, 7) is 7.98. The van der Waals surface area contributed by atoms with Crippen molar-refractivity contribution in [3.63, 3.8) is 0 Å². The van der Waals surface area contributed by atoms with Gasteiger partial charge in [0, 0.05) is 0 Å². The van der Waals surface area contributed by atoms with E-state index in [4.69, 9.17) is 4.74 Å². The first kappa shape index (κ1) is 13.0. The lowest BCUT2D eigenvalue weighted by atomic mass is 9.88. The third-order valence-electron chi connectivity index (χ3n) is 2.40. The second kappa shape index (κ2) is 4.04. The molecule has 1 N–H and O–H groups in total. The Morgan fingerprint density at radius 1 is 1.44 bits per heavy atom. The molecule has 0 aromatic heterocycles. The van der Waals surface area contributed by atoms with Gasteiger partial charge in [-0.1, -0.05) is 20.8 Å². The molecule has 1 rings (SSSR count). The van der Waals surface area contributed by atoms with Crippen molar-refractivity contribution in [3.05, 3.63) is 0 Å². The summed E-state index contributed by atoms with van der Waals surface area (Å²) in [7, 11) is -2.31. The van der Waals surface area contributed by atoms with E-state index in [1.54, 1.807) is 0 Å². The number of ether oxygens (including phenoxy) is 1. The Morgan fingerprint density at radius 2 is 2.00 bits per heavy atom. The van der Waals surface area contributed by atoms with Crippen molar-refractivity contribution in [2.45, 2.75) is 33.7 Å². The van der Waals surface area contributed by atoms with Crippen molar-refractivity contribution in [2.24, 2.45) is 14.8 Å². The summed E-state index contributed by atoms with van der Waals surface area (Å²) in [5.41, 5.74) is -0.0557. The van der Waals surface area contributed by atoms with E-state index >= 15 is 0 Å².